The molecular weight excluding hydrogens is 250 g/mol. The lowest BCUT2D eigenvalue weighted by atomic mass is 9.99. The Balaban J connectivity index is 1.91. The number of rotatable bonds is 3. The lowest BCUT2D eigenvalue weighted by Gasteiger charge is -2.05. The molecular formula is C15H17N5. The first-order chi connectivity index (χ1) is 9.86. The highest BCUT2D eigenvalue weighted by atomic mass is 15.3. The van der Waals surface area contributed by atoms with Gasteiger partial charge in [0.2, 0.25) is 0 Å². The number of nitrogens with one attached hydrogen (secondary N) is 1. The summed E-state index contributed by atoms with van der Waals surface area (Å²) in [7, 11) is 0. The molecule has 0 aliphatic carbocycles. The Labute approximate surface area is 116 Å². The van der Waals surface area contributed by atoms with Crippen LogP contribution in [0.5, 0.6) is 0 Å². The molecule has 0 atom stereocenters. The van der Waals surface area contributed by atoms with Crippen molar-refractivity contribution < 1.29 is 0 Å². The normalized spacial score (nSPS) is 14.1. The molecule has 0 bridgehead atoms. The number of hydrogen-bond acceptors (Lipinski definition) is 3. The molecule has 0 unspecified atom stereocenters. The van der Waals surface area contributed by atoms with Gasteiger partial charge in [-0.3, -0.25) is 4.68 Å². The van der Waals surface area contributed by atoms with Crippen molar-refractivity contribution in [3.63, 3.8) is 0 Å². The second-order valence-electron chi connectivity index (χ2n) is 5.27. The van der Waals surface area contributed by atoms with Gasteiger partial charge >= 0.3 is 0 Å². The van der Waals surface area contributed by atoms with Gasteiger partial charge in [0.1, 0.15) is 0 Å². The van der Waals surface area contributed by atoms with E-state index >= 15 is 0 Å². The fourth-order valence-electron chi connectivity index (χ4n) is 3.12. The quantitative estimate of drug-likeness (QED) is 0.761. The van der Waals surface area contributed by atoms with Crippen molar-refractivity contribution in [3.8, 4) is 11.1 Å². The number of H-pyrrole nitrogens is 1. The van der Waals surface area contributed by atoms with Gasteiger partial charge in [-0.15, -0.1) is 0 Å². The fraction of sp³-hybridized carbons (Fsp3) is 0.333. The van der Waals surface area contributed by atoms with E-state index in [9.17, 15) is 0 Å². The Kier molecular flexibility index (Phi) is 2.60. The van der Waals surface area contributed by atoms with Gasteiger partial charge in [-0.05, 0) is 37.1 Å². The van der Waals surface area contributed by atoms with Gasteiger partial charge in [-0.1, -0.05) is 6.07 Å². The van der Waals surface area contributed by atoms with Crippen LogP contribution in [0.15, 0.2) is 24.5 Å². The standard InChI is InChI=1S/C15H17N5/c16-6-5-12-15(14-2-1-7-20(14)19-12)10-3-4-11-13(8-10)18-9-17-11/h3-4,8-9H,1-2,5-7,16H2,(H,17,18). The molecule has 1 aromatic carbocycles. The summed E-state index contributed by atoms with van der Waals surface area (Å²) in [4.78, 5) is 7.45. The molecule has 4 rings (SSSR count). The van der Waals surface area contributed by atoms with E-state index in [1.54, 1.807) is 6.33 Å². The summed E-state index contributed by atoms with van der Waals surface area (Å²) >= 11 is 0. The van der Waals surface area contributed by atoms with E-state index in [2.05, 4.69) is 32.8 Å². The SMILES string of the molecule is NCCc1nn2c(c1-c1ccc3nc[nH]c3c1)CCC2. The number of hydrogen-bond donors (Lipinski definition) is 2. The van der Waals surface area contributed by atoms with Crippen LogP contribution < -0.4 is 5.73 Å². The Morgan fingerprint density at radius 3 is 3.20 bits per heavy atom. The number of benzene rings is 1. The molecule has 3 aromatic rings. The first kappa shape index (κ1) is 11.7. The van der Waals surface area contributed by atoms with E-state index in [0.29, 0.717) is 6.54 Å². The topological polar surface area (TPSA) is 72.5 Å². The van der Waals surface area contributed by atoms with E-state index in [0.717, 1.165) is 36.1 Å². The van der Waals surface area contributed by atoms with Gasteiger partial charge in [-0.2, -0.15) is 5.10 Å². The van der Waals surface area contributed by atoms with Gasteiger partial charge in [0.25, 0.3) is 0 Å². The second kappa shape index (κ2) is 4.45. The summed E-state index contributed by atoms with van der Waals surface area (Å²) in [6, 6.07) is 6.37. The molecule has 0 amide bonds. The Bertz CT molecular complexity index is 768. The van der Waals surface area contributed by atoms with E-state index in [4.69, 9.17) is 10.8 Å². The third kappa shape index (κ3) is 1.67. The Morgan fingerprint density at radius 2 is 2.30 bits per heavy atom. The van der Waals surface area contributed by atoms with Crippen LogP contribution in [0.2, 0.25) is 0 Å². The first-order valence-electron chi connectivity index (χ1n) is 7.09. The van der Waals surface area contributed by atoms with Crippen molar-refractivity contribution in [1.82, 2.24) is 19.7 Å². The predicted octanol–water partition coefficient (Wildman–Crippen LogP) is 1.87. The molecule has 0 saturated heterocycles. The molecule has 5 nitrogen and oxygen atoms in total. The minimum Gasteiger partial charge on any atom is -0.345 e. The first-order valence-corrected chi connectivity index (χ1v) is 7.09. The smallest absolute Gasteiger partial charge is 0.0931 e. The van der Waals surface area contributed by atoms with Crippen molar-refractivity contribution in [2.24, 2.45) is 5.73 Å². The Morgan fingerprint density at radius 1 is 1.35 bits per heavy atom. The van der Waals surface area contributed by atoms with Crippen LogP contribution in [0.1, 0.15) is 17.8 Å². The monoisotopic (exact) mass is 267 g/mol. The highest BCUT2D eigenvalue weighted by Gasteiger charge is 2.22. The number of nitrogens with two attached hydrogens (primary N) is 1. The number of aromatic amines is 1. The van der Waals surface area contributed by atoms with Crippen LogP contribution in [0, 0.1) is 0 Å². The molecule has 2 aromatic heterocycles. The van der Waals surface area contributed by atoms with E-state index in [-0.39, 0.29) is 0 Å². The second-order valence-corrected chi connectivity index (χ2v) is 5.27. The number of aromatic nitrogens is 4. The minimum absolute atomic E-state index is 0.635. The summed E-state index contributed by atoms with van der Waals surface area (Å²) in [5.74, 6) is 0. The molecule has 0 saturated carbocycles. The maximum Gasteiger partial charge on any atom is 0.0931 e. The molecule has 1 aliphatic heterocycles. The van der Waals surface area contributed by atoms with Gasteiger partial charge in [-0.25, -0.2) is 4.98 Å². The van der Waals surface area contributed by atoms with Crippen LogP contribution in [0.3, 0.4) is 0 Å². The van der Waals surface area contributed by atoms with Gasteiger partial charge in [0.05, 0.1) is 23.1 Å². The molecule has 0 radical (unpaired) electrons. The zero-order valence-corrected chi connectivity index (χ0v) is 11.3. The minimum atomic E-state index is 0.635. The van der Waals surface area contributed by atoms with Crippen molar-refractivity contribution in [2.75, 3.05) is 6.54 Å². The number of aryl methyl sites for hydroxylation is 1. The summed E-state index contributed by atoms with van der Waals surface area (Å²) in [6.45, 7) is 1.66. The number of fused-ring (bicyclic) bond motifs is 2. The number of imidazole rings is 1. The summed E-state index contributed by atoms with van der Waals surface area (Å²) in [5.41, 5.74) is 12.8. The zero-order valence-electron chi connectivity index (χ0n) is 11.3. The molecule has 0 spiro atoms. The molecule has 3 heterocycles. The zero-order chi connectivity index (χ0) is 13.5. The van der Waals surface area contributed by atoms with Crippen LogP contribution in [-0.2, 0) is 19.4 Å². The fourth-order valence-corrected chi connectivity index (χ4v) is 3.12. The number of nitrogens with zero attached hydrogens (tertiary/aromatic N) is 3. The average molecular weight is 267 g/mol. The summed E-state index contributed by atoms with van der Waals surface area (Å²) in [6.07, 6.45) is 4.85. The van der Waals surface area contributed by atoms with Crippen molar-refractivity contribution in [1.29, 1.82) is 0 Å². The van der Waals surface area contributed by atoms with E-state index < -0.39 is 0 Å². The van der Waals surface area contributed by atoms with E-state index in [1.165, 1.54) is 23.2 Å². The molecule has 0 fully saturated rings. The molecule has 20 heavy (non-hydrogen) atoms. The summed E-state index contributed by atoms with van der Waals surface area (Å²) < 4.78 is 2.15. The van der Waals surface area contributed by atoms with Crippen LogP contribution in [-0.4, -0.2) is 26.3 Å². The van der Waals surface area contributed by atoms with Crippen molar-refractivity contribution in [2.45, 2.75) is 25.8 Å². The third-order valence-electron chi connectivity index (χ3n) is 4.00. The maximum absolute atomic E-state index is 5.73. The Hall–Kier alpha value is -2.14. The summed E-state index contributed by atoms with van der Waals surface area (Å²) in [5, 5.41) is 4.74. The van der Waals surface area contributed by atoms with Gasteiger partial charge in [0, 0.05) is 24.2 Å². The van der Waals surface area contributed by atoms with Crippen molar-refractivity contribution in [3.05, 3.63) is 35.9 Å². The lowest BCUT2D eigenvalue weighted by molar-refractivity contribution is 0.643. The molecule has 102 valence electrons. The largest absolute Gasteiger partial charge is 0.345 e. The molecule has 5 heteroatoms. The third-order valence-corrected chi connectivity index (χ3v) is 4.00. The highest BCUT2D eigenvalue weighted by Crippen LogP contribution is 2.33. The molecule has 3 N–H and O–H groups in total. The van der Waals surface area contributed by atoms with Crippen LogP contribution in [0.4, 0.5) is 0 Å². The van der Waals surface area contributed by atoms with Crippen LogP contribution >= 0.6 is 0 Å². The lowest BCUT2D eigenvalue weighted by Crippen LogP contribution is -2.05. The average Bonchev–Trinajstić information content (AvgIpc) is 3.12. The molecule has 1 aliphatic rings. The van der Waals surface area contributed by atoms with Crippen LogP contribution in [0.25, 0.3) is 22.2 Å². The van der Waals surface area contributed by atoms with Crippen molar-refractivity contribution >= 4 is 11.0 Å². The predicted molar refractivity (Wildman–Crippen MR) is 78.4 cm³/mol. The van der Waals surface area contributed by atoms with Gasteiger partial charge in [0.15, 0.2) is 0 Å². The highest BCUT2D eigenvalue weighted by molar-refractivity contribution is 5.83. The van der Waals surface area contributed by atoms with E-state index in [1.807, 2.05) is 0 Å². The van der Waals surface area contributed by atoms with Gasteiger partial charge < -0.3 is 10.7 Å². The maximum atomic E-state index is 5.73.